The fourth-order valence-electron chi connectivity index (χ4n) is 4.81. The number of hydrogen-bond acceptors (Lipinski definition) is 7. The molecule has 148 valence electrons. The molecule has 5 rings (SSSR count). The quantitative estimate of drug-likeness (QED) is 0.813. The second-order valence-electron chi connectivity index (χ2n) is 8.13. The minimum Gasteiger partial charge on any atom is -0.396 e. The van der Waals surface area contributed by atoms with Gasteiger partial charge in [-0.05, 0) is 31.6 Å². The van der Waals surface area contributed by atoms with Crippen LogP contribution in [-0.4, -0.2) is 54.7 Å². The first-order chi connectivity index (χ1) is 13.6. The topological polar surface area (TPSA) is 92.1 Å². The van der Waals surface area contributed by atoms with Crippen LogP contribution in [0.5, 0.6) is 0 Å². The van der Waals surface area contributed by atoms with Crippen LogP contribution in [-0.2, 0) is 16.2 Å². The Kier molecular flexibility index (Phi) is 4.60. The molecule has 0 amide bonds. The summed E-state index contributed by atoms with van der Waals surface area (Å²) in [6, 6.07) is 0. The molecule has 1 saturated carbocycles. The summed E-state index contributed by atoms with van der Waals surface area (Å²) in [7, 11) is -1.03. The minimum atomic E-state index is -1.03. The normalized spacial score (nSPS) is 29.7. The van der Waals surface area contributed by atoms with Crippen molar-refractivity contribution in [1.82, 2.24) is 19.9 Å². The molecule has 0 aromatic carbocycles. The molecule has 2 aromatic rings. The van der Waals surface area contributed by atoms with Crippen molar-refractivity contribution in [2.45, 2.75) is 41.9 Å². The number of piperidine rings is 1. The summed E-state index contributed by atoms with van der Waals surface area (Å²) < 4.78 is 12.5. The number of fused-ring (bicyclic) bond motifs is 2. The lowest BCUT2D eigenvalue weighted by Gasteiger charge is -2.44. The van der Waals surface area contributed by atoms with Gasteiger partial charge in [-0.2, -0.15) is 0 Å². The van der Waals surface area contributed by atoms with E-state index in [9.17, 15) is 9.32 Å². The molecule has 9 heteroatoms. The van der Waals surface area contributed by atoms with Crippen molar-refractivity contribution in [3.8, 4) is 0 Å². The molecule has 4 heterocycles. The van der Waals surface area contributed by atoms with Crippen LogP contribution in [0.1, 0.15) is 43.1 Å². The predicted molar refractivity (Wildman–Crippen MR) is 106 cm³/mol. The van der Waals surface area contributed by atoms with E-state index in [-0.39, 0.29) is 12.0 Å². The molecular weight excluding hydrogens is 398 g/mol. The maximum absolute atomic E-state index is 12.5. The largest absolute Gasteiger partial charge is 0.396 e. The number of aliphatic hydroxyl groups is 1. The smallest absolute Gasteiger partial charge is 0.225 e. The van der Waals surface area contributed by atoms with Crippen LogP contribution in [0.15, 0.2) is 23.5 Å². The van der Waals surface area contributed by atoms with Gasteiger partial charge in [-0.1, -0.05) is 11.6 Å². The minimum absolute atomic E-state index is 0.124. The molecule has 1 atom stereocenters. The van der Waals surface area contributed by atoms with Gasteiger partial charge in [-0.15, -0.1) is 0 Å². The first-order valence-corrected chi connectivity index (χ1v) is 11.4. The standard InChI is InChI=1S/C19H22ClN5O2S/c20-14-7-21-17(22-8-14)13-1-3-25(4-2-13)18-23-9-15-16(24-18)19(11-28(15)27)5-12(6-19)10-26/h7-9,12-13,26H,1-6,10-11H2/t12?,19?,28-/m0/s1. The third-order valence-electron chi connectivity index (χ3n) is 6.30. The van der Waals surface area contributed by atoms with Crippen LogP contribution < -0.4 is 4.90 Å². The van der Waals surface area contributed by atoms with Crippen molar-refractivity contribution in [1.29, 1.82) is 0 Å². The highest BCUT2D eigenvalue weighted by atomic mass is 35.5. The Hall–Kier alpha value is -1.64. The molecule has 1 spiro atoms. The van der Waals surface area contributed by atoms with Crippen LogP contribution in [0.2, 0.25) is 5.02 Å². The summed E-state index contributed by atoms with van der Waals surface area (Å²) in [5.41, 5.74) is 0.824. The van der Waals surface area contributed by atoms with Crippen LogP contribution in [0.25, 0.3) is 0 Å². The summed E-state index contributed by atoms with van der Waals surface area (Å²) in [6.45, 7) is 1.87. The average Bonchev–Trinajstić information content (AvgIpc) is 3.00. The predicted octanol–water partition coefficient (Wildman–Crippen LogP) is 2.07. The van der Waals surface area contributed by atoms with E-state index in [1.165, 1.54) is 0 Å². The summed E-state index contributed by atoms with van der Waals surface area (Å²) >= 11 is 5.88. The second-order valence-corrected chi connectivity index (χ2v) is 9.99. The van der Waals surface area contributed by atoms with Crippen molar-refractivity contribution in [2.24, 2.45) is 5.92 Å². The number of aromatic nitrogens is 4. The third-order valence-corrected chi connectivity index (χ3v) is 8.10. The van der Waals surface area contributed by atoms with E-state index in [1.54, 1.807) is 18.6 Å². The van der Waals surface area contributed by atoms with E-state index in [0.717, 1.165) is 61.1 Å². The maximum atomic E-state index is 12.5. The van der Waals surface area contributed by atoms with E-state index in [1.807, 2.05) is 0 Å². The molecule has 1 aliphatic carbocycles. The van der Waals surface area contributed by atoms with Gasteiger partial charge >= 0.3 is 0 Å². The zero-order chi connectivity index (χ0) is 19.3. The molecule has 7 nitrogen and oxygen atoms in total. The number of halogens is 1. The van der Waals surface area contributed by atoms with E-state index < -0.39 is 10.8 Å². The van der Waals surface area contributed by atoms with E-state index >= 15 is 0 Å². The molecular formula is C19H22ClN5O2S. The zero-order valence-electron chi connectivity index (χ0n) is 15.4. The fourth-order valence-corrected chi connectivity index (χ4v) is 6.59. The number of hydrogen-bond donors (Lipinski definition) is 1. The van der Waals surface area contributed by atoms with Crippen LogP contribution in [0.4, 0.5) is 5.95 Å². The van der Waals surface area contributed by atoms with Crippen LogP contribution >= 0.6 is 11.6 Å². The molecule has 0 radical (unpaired) electrons. The number of rotatable bonds is 3. The maximum Gasteiger partial charge on any atom is 0.225 e. The van der Waals surface area contributed by atoms with E-state index in [2.05, 4.69) is 19.9 Å². The first-order valence-electron chi connectivity index (χ1n) is 9.67. The highest BCUT2D eigenvalue weighted by molar-refractivity contribution is 7.85. The van der Waals surface area contributed by atoms with Crippen molar-refractivity contribution in [3.05, 3.63) is 35.1 Å². The Morgan fingerprint density at radius 1 is 1.18 bits per heavy atom. The van der Waals surface area contributed by atoms with Gasteiger partial charge in [-0.25, -0.2) is 19.9 Å². The van der Waals surface area contributed by atoms with Gasteiger partial charge in [0.2, 0.25) is 5.95 Å². The Morgan fingerprint density at radius 2 is 1.89 bits per heavy atom. The Labute approximate surface area is 171 Å². The van der Waals surface area contributed by atoms with E-state index in [4.69, 9.17) is 16.6 Å². The molecule has 2 fully saturated rings. The molecule has 0 bridgehead atoms. The van der Waals surface area contributed by atoms with Crippen molar-refractivity contribution in [3.63, 3.8) is 0 Å². The van der Waals surface area contributed by atoms with Gasteiger partial charge < -0.3 is 10.0 Å². The summed E-state index contributed by atoms with van der Waals surface area (Å²) in [5, 5.41) is 9.96. The van der Waals surface area contributed by atoms with Gasteiger partial charge in [0, 0.05) is 55.4 Å². The SMILES string of the molecule is O=[S@]1CC2(CC(CO)C2)c2nc(N3CCC(c4ncc(Cl)cn4)CC3)ncc21. The Morgan fingerprint density at radius 3 is 2.57 bits per heavy atom. The molecule has 28 heavy (non-hydrogen) atoms. The molecule has 1 N–H and O–H groups in total. The number of anilines is 1. The number of aliphatic hydroxyl groups excluding tert-OH is 1. The highest BCUT2D eigenvalue weighted by Gasteiger charge is 2.53. The van der Waals surface area contributed by atoms with Gasteiger partial charge in [-0.3, -0.25) is 4.21 Å². The highest BCUT2D eigenvalue weighted by Crippen LogP contribution is 2.53. The monoisotopic (exact) mass is 419 g/mol. The Bertz CT molecular complexity index is 911. The van der Waals surface area contributed by atoms with Crippen molar-refractivity contribution in [2.75, 3.05) is 30.3 Å². The summed E-state index contributed by atoms with van der Waals surface area (Å²) in [6.07, 6.45) is 8.67. The van der Waals surface area contributed by atoms with Gasteiger partial charge in [0.15, 0.2) is 0 Å². The van der Waals surface area contributed by atoms with Gasteiger partial charge in [0.1, 0.15) is 5.82 Å². The summed E-state index contributed by atoms with van der Waals surface area (Å²) in [4.78, 5) is 21.1. The van der Waals surface area contributed by atoms with Crippen molar-refractivity contribution >= 4 is 28.3 Å². The Balaban J connectivity index is 1.33. The molecule has 2 aromatic heterocycles. The summed E-state index contributed by atoms with van der Waals surface area (Å²) in [5.74, 6) is 2.81. The number of nitrogens with zero attached hydrogens (tertiary/aromatic N) is 5. The van der Waals surface area contributed by atoms with Gasteiger partial charge in [0.05, 0.1) is 26.4 Å². The molecule has 2 aliphatic heterocycles. The fraction of sp³-hybridized carbons (Fsp3) is 0.579. The third kappa shape index (κ3) is 3.02. The molecule has 0 unspecified atom stereocenters. The lowest BCUT2D eigenvalue weighted by atomic mass is 9.61. The lowest BCUT2D eigenvalue weighted by molar-refractivity contribution is 0.0893. The first kappa shape index (κ1) is 18.4. The molecule has 3 aliphatic rings. The lowest BCUT2D eigenvalue weighted by Crippen LogP contribution is -2.44. The van der Waals surface area contributed by atoms with Gasteiger partial charge in [0.25, 0.3) is 0 Å². The second kappa shape index (κ2) is 7.00. The van der Waals surface area contributed by atoms with Crippen molar-refractivity contribution < 1.29 is 9.32 Å². The zero-order valence-corrected chi connectivity index (χ0v) is 17.0. The molecule has 1 saturated heterocycles. The van der Waals surface area contributed by atoms with Crippen LogP contribution in [0, 0.1) is 5.92 Å². The average molecular weight is 420 g/mol. The van der Waals surface area contributed by atoms with E-state index in [0.29, 0.717) is 22.6 Å². The van der Waals surface area contributed by atoms with Crippen LogP contribution in [0.3, 0.4) is 0 Å².